The Bertz CT molecular complexity index is 788. The molecule has 0 spiro atoms. The first-order valence-electron chi connectivity index (χ1n) is 6.87. The largest absolute Gasteiger partial charge is 0.288 e. The van der Waals surface area contributed by atoms with Gasteiger partial charge in [-0.25, -0.2) is 4.68 Å². The van der Waals surface area contributed by atoms with Gasteiger partial charge in [0.2, 0.25) is 0 Å². The first-order chi connectivity index (χ1) is 10.1. The molecule has 1 heterocycles. The summed E-state index contributed by atoms with van der Waals surface area (Å²) in [5.74, 6) is 0.000260. The number of benzene rings is 2. The Kier molecular flexibility index (Phi) is 3.40. The van der Waals surface area contributed by atoms with Crippen molar-refractivity contribution in [1.82, 2.24) is 9.78 Å². The third-order valence-corrected chi connectivity index (χ3v) is 3.63. The van der Waals surface area contributed by atoms with Crippen LogP contribution in [0.1, 0.15) is 27.0 Å². The molecule has 104 valence electrons. The molecule has 0 amide bonds. The number of ketones is 1. The molecule has 0 saturated carbocycles. The Labute approximate surface area is 123 Å². The standard InChI is InChI=1S/C18H16N2O/c1-13-8-9-15(10-14(13)2)18(21)16-11-19-20(12-16)17-6-4-3-5-7-17/h3-12H,1-2H3. The van der Waals surface area contributed by atoms with Crippen molar-refractivity contribution in [2.45, 2.75) is 13.8 Å². The van der Waals surface area contributed by atoms with Gasteiger partial charge in [0.1, 0.15) is 0 Å². The summed E-state index contributed by atoms with van der Waals surface area (Å²) in [6, 6.07) is 15.5. The van der Waals surface area contributed by atoms with Crippen molar-refractivity contribution >= 4 is 5.78 Å². The first-order valence-corrected chi connectivity index (χ1v) is 6.87. The number of hydrogen-bond donors (Lipinski definition) is 0. The van der Waals surface area contributed by atoms with Crippen LogP contribution in [0.5, 0.6) is 0 Å². The second-order valence-corrected chi connectivity index (χ2v) is 5.14. The Balaban J connectivity index is 1.92. The van der Waals surface area contributed by atoms with Crippen LogP contribution in [0.3, 0.4) is 0 Å². The van der Waals surface area contributed by atoms with Gasteiger partial charge in [0.15, 0.2) is 5.78 Å². The highest BCUT2D eigenvalue weighted by Crippen LogP contribution is 2.15. The van der Waals surface area contributed by atoms with Gasteiger partial charge in [-0.1, -0.05) is 30.3 Å². The van der Waals surface area contributed by atoms with Gasteiger partial charge in [0.25, 0.3) is 0 Å². The molecule has 0 bridgehead atoms. The van der Waals surface area contributed by atoms with E-state index in [0.717, 1.165) is 11.3 Å². The van der Waals surface area contributed by atoms with Crippen LogP contribution in [0.2, 0.25) is 0 Å². The molecule has 3 aromatic rings. The molecule has 0 aliphatic rings. The average molecular weight is 276 g/mol. The number of rotatable bonds is 3. The van der Waals surface area contributed by atoms with E-state index in [0.29, 0.717) is 11.1 Å². The summed E-state index contributed by atoms with van der Waals surface area (Å²) in [6.07, 6.45) is 3.39. The van der Waals surface area contributed by atoms with E-state index in [1.165, 1.54) is 5.56 Å². The van der Waals surface area contributed by atoms with E-state index in [1.807, 2.05) is 62.4 Å². The zero-order chi connectivity index (χ0) is 14.8. The molecule has 0 radical (unpaired) electrons. The minimum absolute atomic E-state index is 0.000260. The van der Waals surface area contributed by atoms with E-state index < -0.39 is 0 Å². The number of aryl methyl sites for hydroxylation is 2. The van der Waals surface area contributed by atoms with E-state index in [4.69, 9.17) is 0 Å². The molecule has 0 unspecified atom stereocenters. The molecule has 0 aliphatic carbocycles. The molecule has 1 aromatic heterocycles. The fourth-order valence-corrected chi connectivity index (χ4v) is 2.21. The number of carbonyl (C=O) groups excluding carboxylic acids is 1. The molecule has 2 aromatic carbocycles. The van der Waals surface area contributed by atoms with E-state index >= 15 is 0 Å². The Morgan fingerprint density at radius 2 is 1.71 bits per heavy atom. The molecule has 21 heavy (non-hydrogen) atoms. The Morgan fingerprint density at radius 3 is 2.43 bits per heavy atom. The average Bonchev–Trinajstić information content (AvgIpc) is 3.00. The van der Waals surface area contributed by atoms with Crippen LogP contribution in [0.4, 0.5) is 0 Å². The maximum absolute atomic E-state index is 12.5. The maximum atomic E-state index is 12.5. The van der Waals surface area contributed by atoms with E-state index in [9.17, 15) is 4.79 Å². The van der Waals surface area contributed by atoms with Gasteiger partial charge in [-0.2, -0.15) is 5.10 Å². The van der Waals surface area contributed by atoms with Crippen molar-refractivity contribution in [2.24, 2.45) is 0 Å². The van der Waals surface area contributed by atoms with Gasteiger partial charge in [0, 0.05) is 11.8 Å². The number of aromatic nitrogens is 2. The highest BCUT2D eigenvalue weighted by atomic mass is 16.1. The molecule has 0 aliphatic heterocycles. The van der Waals surface area contributed by atoms with Gasteiger partial charge >= 0.3 is 0 Å². The highest BCUT2D eigenvalue weighted by Gasteiger charge is 2.12. The lowest BCUT2D eigenvalue weighted by atomic mass is 10.0. The van der Waals surface area contributed by atoms with Crippen LogP contribution in [0, 0.1) is 13.8 Å². The molecule has 0 fully saturated rings. The minimum Gasteiger partial charge on any atom is -0.288 e. The van der Waals surface area contributed by atoms with E-state index in [-0.39, 0.29) is 5.78 Å². The molecule has 3 rings (SSSR count). The van der Waals surface area contributed by atoms with E-state index in [2.05, 4.69) is 5.10 Å². The summed E-state index contributed by atoms with van der Waals surface area (Å²) < 4.78 is 1.72. The van der Waals surface area contributed by atoms with Crippen molar-refractivity contribution in [1.29, 1.82) is 0 Å². The van der Waals surface area contributed by atoms with Crippen molar-refractivity contribution in [3.05, 3.63) is 83.2 Å². The van der Waals surface area contributed by atoms with Crippen LogP contribution in [0.25, 0.3) is 5.69 Å². The van der Waals surface area contributed by atoms with Crippen molar-refractivity contribution in [3.63, 3.8) is 0 Å². The van der Waals surface area contributed by atoms with Crippen molar-refractivity contribution in [2.75, 3.05) is 0 Å². The normalized spacial score (nSPS) is 10.6. The lowest BCUT2D eigenvalue weighted by Crippen LogP contribution is -2.01. The van der Waals surface area contributed by atoms with Crippen molar-refractivity contribution in [3.8, 4) is 5.69 Å². The predicted octanol–water partition coefficient (Wildman–Crippen LogP) is 3.72. The number of para-hydroxylation sites is 1. The van der Waals surface area contributed by atoms with Crippen LogP contribution < -0.4 is 0 Å². The second kappa shape index (κ2) is 5.37. The number of hydrogen-bond acceptors (Lipinski definition) is 2. The summed E-state index contributed by atoms with van der Waals surface area (Å²) in [7, 11) is 0. The van der Waals surface area contributed by atoms with Crippen LogP contribution in [0.15, 0.2) is 60.9 Å². The SMILES string of the molecule is Cc1ccc(C(=O)c2cnn(-c3ccccc3)c2)cc1C. The Morgan fingerprint density at radius 1 is 0.952 bits per heavy atom. The van der Waals surface area contributed by atoms with E-state index in [1.54, 1.807) is 17.1 Å². The lowest BCUT2D eigenvalue weighted by Gasteiger charge is -2.03. The molecule has 3 heteroatoms. The summed E-state index contributed by atoms with van der Waals surface area (Å²) in [5.41, 5.74) is 4.55. The summed E-state index contributed by atoms with van der Waals surface area (Å²) >= 11 is 0. The molecule has 0 N–H and O–H groups in total. The summed E-state index contributed by atoms with van der Waals surface area (Å²) in [5, 5.41) is 4.27. The molecule has 0 atom stereocenters. The summed E-state index contributed by atoms with van der Waals surface area (Å²) in [4.78, 5) is 12.5. The Hall–Kier alpha value is -2.68. The molecular weight excluding hydrogens is 260 g/mol. The van der Waals surface area contributed by atoms with Crippen molar-refractivity contribution < 1.29 is 4.79 Å². The molecule has 3 nitrogen and oxygen atoms in total. The predicted molar refractivity (Wildman–Crippen MR) is 82.9 cm³/mol. The zero-order valence-corrected chi connectivity index (χ0v) is 12.1. The minimum atomic E-state index is 0.000260. The highest BCUT2D eigenvalue weighted by molar-refractivity contribution is 6.08. The second-order valence-electron chi connectivity index (χ2n) is 5.14. The van der Waals surface area contributed by atoms with Crippen LogP contribution in [-0.2, 0) is 0 Å². The lowest BCUT2D eigenvalue weighted by molar-refractivity contribution is 0.103. The topological polar surface area (TPSA) is 34.9 Å². The maximum Gasteiger partial charge on any atom is 0.196 e. The zero-order valence-electron chi connectivity index (χ0n) is 12.1. The fraction of sp³-hybridized carbons (Fsp3) is 0.111. The molecular formula is C18H16N2O. The van der Waals surface area contributed by atoms with Crippen LogP contribution >= 0.6 is 0 Å². The monoisotopic (exact) mass is 276 g/mol. The van der Waals surface area contributed by atoms with Gasteiger partial charge in [-0.15, -0.1) is 0 Å². The van der Waals surface area contributed by atoms with Gasteiger partial charge in [-0.3, -0.25) is 4.79 Å². The first kappa shape index (κ1) is 13.3. The number of carbonyl (C=O) groups is 1. The quantitative estimate of drug-likeness (QED) is 0.683. The van der Waals surface area contributed by atoms with Crippen LogP contribution in [-0.4, -0.2) is 15.6 Å². The van der Waals surface area contributed by atoms with Gasteiger partial charge in [0.05, 0.1) is 17.4 Å². The summed E-state index contributed by atoms with van der Waals surface area (Å²) in [6.45, 7) is 4.05. The third-order valence-electron chi connectivity index (χ3n) is 3.63. The molecule has 0 saturated heterocycles. The third kappa shape index (κ3) is 2.63. The fourth-order valence-electron chi connectivity index (χ4n) is 2.21. The van der Waals surface area contributed by atoms with Gasteiger partial charge < -0.3 is 0 Å². The number of nitrogens with zero attached hydrogens (tertiary/aromatic N) is 2. The smallest absolute Gasteiger partial charge is 0.196 e. The van der Waals surface area contributed by atoms with Gasteiger partial charge in [-0.05, 0) is 43.2 Å².